The van der Waals surface area contributed by atoms with Crippen LogP contribution in [0.15, 0.2) is 48.5 Å². The molecule has 1 aliphatic heterocycles. The molecule has 1 atom stereocenters. The molecule has 1 saturated heterocycles. The Hall–Kier alpha value is -2.53. The summed E-state index contributed by atoms with van der Waals surface area (Å²) in [6.07, 6.45) is 2.81. The number of methoxy groups -OCH3 is 2. The van der Waals surface area contributed by atoms with Gasteiger partial charge in [0.1, 0.15) is 0 Å². The Morgan fingerprint density at radius 1 is 1.07 bits per heavy atom. The average Bonchev–Trinajstić information content (AvgIpc) is 2.74. The molecule has 1 aliphatic rings. The van der Waals surface area contributed by atoms with Crippen molar-refractivity contribution in [1.29, 1.82) is 0 Å². The van der Waals surface area contributed by atoms with Gasteiger partial charge in [-0.05, 0) is 49.1 Å². The molecule has 1 heterocycles. The number of nitrogens with one attached hydrogen (secondary N) is 1. The van der Waals surface area contributed by atoms with E-state index in [2.05, 4.69) is 34.5 Å². The Kier molecular flexibility index (Phi) is 7.31. The lowest BCUT2D eigenvalue weighted by Gasteiger charge is -2.32. The van der Waals surface area contributed by atoms with Crippen molar-refractivity contribution < 1.29 is 14.3 Å². The molecule has 1 fully saturated rings. The van der Waals surface area contributed by atoms with E-state index in [1.54, 1.807) is 14.2 Å². The van der Waals surface area contributed by atoms with E-state index in [9.17, 15) is 4.79 Å². The predicted octanol–water partition coefficient (Wildman–Crippen LogP) is 3.27. The van der Waals surface area contributed by atoms with Crippen LogP contribution >= 0.6 is 0 Å². The number of nitrogens with zero attached hydrogens (tertiary/aromatic N) is 1. The van der Waals surface area contributed by atoms with Crippen LogP contribution in [0.25, 0.3) is 0 Å². The van der Waals surface area contributed by atoms with Crippen molar-refractivity contribution in [3.8, 4) is 11.5 Å². The highest BCUT2D eigenvalue weighted by Crippen LogP contribution is 2.27. The van der Waals surface area contributed by atoms with Crippen LogP contribution in [0.5, 0.6) is 11.5 Å². The second-order valence-electron chi connectivity index (χ2n) is 7.29. The lowest BCUT2D eigenvalue weighted by molar-refractivity contribution is -0.126. The Labute approximate surface area is 167 Å². The Morgan fingerprint density at radius 2 is 1.86 bits per heavy atom. The summed E-state index contributed by atoms with van der Waals surface area (Å²) < 4.78 is 10.6. The zero-order valence-electron chi connectivity index (χ0n) is 16.8. The maximum absolute atomic E-state index is 12.6. The highest BCUT2D eigenvalue weighted by atomic mass is 16.5. The van der Waals surface area contributed by atoms with Crippen LogP contribution < -0.4 is 14.8 Å². The van der Waals surface area contributed by atoms with Crippen molar-refractivity contribution in [3.05, 3.63) is 59.7 Å². The number of rotatable bonds is 8. The largest absolute Gasteiger partial charge is 0.493 e. The highest BCUT2D eigenvalue weighted by Gasteiger charge is 2.25. The third kappa shape index (κ3) is 5.49. The molecular weight excluding hydrogens is 352 g/mol. The number of carbonyl (C=O) groups is 1. The molecule has 1 N–H and O–H groups in total. The molecule has 150 valence electrons. The fourth-order valence-corrected chi connectivity index (χ4v) is 3.77. The lowest BCUT2D eigenvalue weighted by Crippen LogP contribution is -2.43. The quantitative estimate of drug-likeness (QED) is 0.761. The number of benzene rings is 2. The summed E-state index contributed by atoms with van der Waals surface area (Å²) in [7, 11) is 3.26. The van der Waals surface area contributed by atoms with Gasteiger partial charge in [-0.1, -0.05) is 36.4 Å². The molecule has 3 rings (SSSR count). The van der Waals surface area contributed by atoms with Crippen molar-refractivity contribution in [1.82, 2.24) is 10.2 Å². The zero-order valence-corrected chi connectivity index (χ0v) is 16.8. The monoisotopic (exact) mass is 382 g/mol. The summed E-state index contributed by atoms with van der Waals surface area (Å²) >= 11 is 0. The van der Waals surface area contributed by atoms with E-state index in [-0.39, 0.29) is 11.8 Å². The van der Waals surface area contributed by atoms with Gasteiger partial charge in [-0.3, -0.25) is 9.69 Å². The van der Waals surface area contributed by atoms with Crippen molar-refractivity contribution in [2.24, 2.45) is 5.92 Å². The Bertz CT molecular complexity index is 764. The Morgan fingerprint density at radius 3 is 2.61 bits per heavy atom. The highest BCUT2D eigenvalue weighted by molar-refractivity contribution is 5.79. The number of amides is 1. The third-order valence-electron chi connectivity index (χ3n) is 5.29. The molecule has 1 amide bonds. The maximum atomic E-state index is 12.6. The van der Waals surface area contributed by atoms with Gasteiger partial charge in [-0.2, -0.15) is 0 Å². The van der Waals surface area contributed by atoms with Gasteiger partial charge >= 0.3 is 0 Å². The van der Waals surface area contributed by atoms with Gasteiger partial charge in [0.05, 0.1) is 20.1 Å². The van der Waals surface area contributed by atoms with Crippen molar-refractivity contribution in [2.75, 3.05) is 33.9 Å². The lowest BCUT2D eigenvalue weighted by atomic mass is 9.96. The third-order valence-corrected chi connectivity index (χ3v) is 5.29. The fourth-order valence-electron chi connectivity index (χ4n) is 3.77. The molecule has 0 saturated carbocycles. The number of ether oxygens (including phenoxy) is 2. The Balaban J connectivity index is 1.46. The van der Waals surface area contributed by atoms with Gasteiger partial charge in [0, 0.05) is 19.6 Å². The molecule has 1 unspecified atom stereocenters. The molecule has 5 heteroatoms. The maximum Gasteiger partial charge on any atom is 0.224 e. The van der Waals surface area contributed by atoms with E-state index in [0.717, 1.165) is 56.0 Å². The standard InChI is InChI=1S/C23H30N2O3/c1-27-21-11-10-18(15-22(21)28-2)12-13-24-23(26)20-9-6-14-25(17-20)16-19-7-4-3-5-8-19/h3-5,7-8,10-11,15,20H,6,9,12-14,16-17H2,1-2H3,(H,24,26). The predicted molar refractivity (Wildman–Crippen MR) is 111 cm³/mol. The second-order valence-corrected chi connectivity index (χ2v) is 7.29. The smallest absolute Gasteiger partial charge is 0.224 e. The molecule has 0 aliphatic carbocycles. The topological polar surface area (TPSA) is 50.8 Å². The summed E-state index contributed by atoms with van der Waals surface area (Å²) in [4.78, 5) is 15.0. The van der Waals surface area contributed by atoms with Gasteiger partial charge in [0.15, 0.2) is 11.5 Å². The van der Waals surface area contributed by atoms with Crippen LogP contribution in [0, 0.1) is 5.92 Å². The summed E-state index contributed by atoms with van der Waals surface area (Å²) in [6, 6.07) is 16.3. The zero-order chi connectivity index (χ0) is 19.8. The molecular formula is C23H30N2O3. The number of likely N-dealkylation sites (tertiary alicyclic amines) is 1. The molecule has 0 bridgehead atoms. The van der Waals surface area contributed by atoms with Gasteiger partial charge < -0.3 is 14.8 Å². The minimum atomic E-state index is 0.0721. The molecule has 28 heavy (non-hydrogen) atoms. The molecule has 2 aromatic rings. The summed E-state index contributed by atoms with van der Waals surface area (Å²) in [5, 5.41) is 3.11. The van der Waals surface area contributed by atoms with E-state index < -0.39 is 0 Å². The van der Waals surface area contributed by atoms with E-state index in [0.29, 0.717) is 6.54 Å². The van der Waals surface area contributed by atoms with Gasteiger partial charge in [0.2, 0.25) is 5.91 Å². The summed E-state index contributed by atoms with van der Waals surface area (Å²) in [6.45, 7) is 3.43. The minimum absolute atomic E-state index is 0.0721. The van der Waals surface area contributed by atoms with Crippen LogP contribution in [0.2, 0.25) is 0 Å². The van der Waals surface area contributed by atoms with Crippen LogP contribution in [0.3, 0.4) is 0 Å². The summed E-state index contributed by atoms with van der Waals surface area (Å²) in [5.41, 5.74) is 2.42. The first-order chi connectivity index (χ1) is 13.7. The molecule has 0 radical (unpaired) electrons. The van der Waals surface area contributed by atoms with Crippen LogP contribution in [-0.2, 0) is 17.8 Å². The van der Waals surface area contributed by atoms with E-state index in [4.69, 9.17) is 9.47 Å². The van der Waals surface area contributed by atoms with Gasteiger partial charge in [0.25, 0.3) is 0 Å². The number of hydrogen-bond acceptors (Lipinski definition) is 4. The van der Waals surface area contributed by atoms with Crippen LogP contribution in [0.4, 0.5) is 0 Å². The minimum Gasteiger partial charge on any atom is -0.493 e. The molecule has 5 nitrogen and oxygen atoms in total. The molecule has 0 aromatic heterocycles. The van der Waals surface area contributed by atoms with Crippen LogP contribution in [-0.4, -0.2) is 44.7 Å². The van der Waals surface area contributed by atoms with E-state index in [1.807, 2.05) is 24.3 Å². The van der Waals surface area contributed by atoms with Crippen molar-refractivity contribution >= 4 is 5.91 Å². The first kappa shape index (κ1) is 20.2. The normalized spacial score (nSPS) is 17.1. The molecule has 0 spiro atoms. The van der Waals surface area contributed by atoms with E-state index >= 15 is 0 Å². The second kappa shape index (κ2) is 10.1. The number of hydrogen-bond donors (Lipinski definition) is 1. The van der Waals surface area contributed by atoms with E-state index in [1.165, 1.54) is 5.56 Å². The van der Waals surface area contributed by atoms with Crippen molar-refractivity contribution in [2.45, 2.75) is 25.8 Å². The fraction of sp³-hybridized carbons (Fsp3) is 0.435. The number of piperidine rings is 1. The van der Waals surface area contributed by atoms with Gasteiger partial charge in [-0.25, -0.2) is 0 Å². The molecule has 2 aromatic carbocycles. The first-order valence-electron chi connectivity index (χ1n) is 9.94. The SMILES string of the molecule is COc1ccc(CCNC(=O)C2CCCN(Cc3ccccc3)C2)cc1OC. The average molecular weight is 383 g/mol. The van der Waals surface area contributed by atoms with Crippen LogP contribution in [0.1, 0.15) is 24.0 Å². The van der Waals surface area contributed by atoms with Crippen molar-refractivity contribution in [3.63, 3.8) is 0 Å². The number of carbonyl (C=O) groups excluding carboxylic acids is 1. The summed E-state index contributed by atoms with van der Waals surface area (Å²) in [5.74, 6) is 1.67. The van der Waals surface area contributed by atoms with Gasteiger partial charge in [-0.15, -0.1) is 0 Å². The first-order valence-corrected chi connectivity index (χ1v) is 9.94.